The molecule has 0 aliphatic heterocycles. The Kier molecular flexibility index (Phi) is 4.85. The van der Waals surface area contributed by atoms with Crippen molar-refractivity contribution >= 4 is 8.32 Å². The molecule has 0 heterocycles. The third-order valence-electron chi connectivity index (χ3n) is 4.88. The normalized spacial score (nSPS) is 28.1. The molecule has 0 radical (unpaired) electrons. The molecule has 0 bridgehead atoms. The fourth-order valence-electron chi connectivity index (χ4n) is 2.23. The van der Waals surface area contributed by atoms with E-state index in [0.29, 0.717) is 6.61 Å². The van der Waals surface area contributed by atoms with Crippen LogP contribution in [0, 0.1) is 5.41 Å². The molecule has 106 valence electrons. The zero-order chi connectivity index (χ0) is 14.0. The average molecular weight is 270 g/mol. The van der Waals surface area contributed by atoms with E-state index >= 15 is 0 Å². The molecule has 0 spiro atoms. The van der Waals surface area contributed by atoms with Crippen molar-refractivity contribution in [2.24, 2.45) is 5.41 Å². The Balaban J connectivity index is 2.61. The van der Waals surface area contributed by atoms with Crippen LogP contribution < -0.4 is 0 Å². The molecule has 0 aromatic carbocycles. The molecule has 0 aromatic heterocycles. The van der Waals surface area contributed by atoms with Crippen LogP contribution >= 0.6 is 0 Å². The van der Waals surface area contributed by atoms with Crippen molar-refractivity contribution in [3.63, 3.8) is 0 Å². The van der Waals surface area contributed by atoms with Crippen molar-refractivity contribution in [1.29, 1.82) is 0 Å². The van der Waals surface area contributed by atoms with Crippen molar-refractivity contribution in [2.75, 3.05) is 13.2 Å². The lowest BCUT2D eigenvalue weighted by Gasteiger charge is -2.36. The van der Waals surface area contributed by atoms with E-state index in [1.54, 1.807) is 0 Å². The quantitative estimate of drug-likeness (QED) is 0.615. The molecule has 1 rings (SSSR count). The summed E-state index contributed by atoms with van der Waals surface area (Å²) in [6.07, 6.45) is 5.65. The second kappa shape index (κ2) is 5.47. The lowest BCUT2D eigenvalue weighted by atomic mass is 9.85. The fourth-order valence-corrected chi connectivity index (χ4v) is 3.16. The highest BCUT2D eigenvalue weighted by Gasteiger charge is 2.37. The van der Waals surface area contributed by atoms with E-state index in [4.69, 9.17) is 4.43 Å². The summed E-state index contributed by atoms with van der Waals surface area (Å²) < 4.78 is 6.17. The van der Waals surface area contributed by atoms with Crippen LogP contribution in [-0.4, -0.2) is 26.6 Å². The standard InChI is InChI=1S/C15H30O2Si/c1-14(2,3)18(5,6)17-11-9-13-8-7-10-15(13,4)12-16/h9,16H,7-8,10-12H2,1-6H3/b13-9+. The molecular weight excluding hydrogens is 240 g/mol. The van der Waals surface area contributed by atoms with Crippen LogP contribution in [-0.2, 0) is 4.43 Å². The van der Waals surface area contributed by atoms with Gasteiger partial charge in [0.2, 0.25) is 0 Å². The van der Waals surface area contributed by atoms with Gasteiger partial charge in [-0.05, 0) is 37.4 Å². The molecule has 1 aliphatic carbocycles. The van der Waals surface area contributed by atoms with Crippen LogP contribution in [0.15, 0.2) is 11.6 Å². The molecule has 1 saturated carbocycles. The van der Waals surface area contributed by atoms with Crippen molar-refractivity contribution in [3.05, 3.63) is 11.6 Å². The molecule has 2 nitrogen and oxygen atoms in total. The molecule has 1 atom stereocenters. The maximum atomic E-state index is 9.51. The van der Waals surface area contributed by atoms with E-state index in [0.717, 1.165) is 12.8 Å². The number of aliphatic hydroxyl groups excluding tert-OH is 1. The second-order valence-electron chi connectivity index (χ2n) is 7.37. The van der Waals surface area contributed by atoms with Crippen LogP contribution in [0.1, 0.15) is 47.0 Å². The average Bonchev–Trinajstić information content (AvgIpc) is 2.59. The molecule has 0 saturated heterocycles. The summed E-state index contributed by atoms with van der Waals surface area (Å²) in [5.74, 6) is 0. The minimum Gasteiger partial charge on any atom is -0.413 e. The summed E-state index contributed by atoms with van der Waals surface area (Å²) in [4.78, 5) is 0. The van der Waals surface area contributed by atoms with Crippen LogP contribution in [0.5, 0.6) is 0 Å². The first kappa shape index (κ1) is 15.9. The van der Waals surface area contributed by atoms with Gasteiger partial charge in [-0.15, -0.1) is 0 Å². The first-order valence-corrected chi connectivity index (χ1v) is 9.97. The van der Waals surface area contributed by atoms with Crippen molar-refractivity contribution < 1.29 is 9.53 Å². The zero-order valence-electron chi connectivity index (χ0n) is 13.0. The minimum atomic E-state index is -1.64. The molecule has 1 N–H and O–H groups in total. The van der Waals surface area contributed by atoms with Crippen molar-refractivity contribution in [3.8, 4) is 0 Å². The van der Waals surface area contributed by atoms with Crippen LogP contribution in [0.4, 0.5) is 0 Å². The number of hydrogen-bond donors (Lipinski definition) is 1. The van der Waals surface area contributed by atoms with Gasteiger partial charge in [0, 0.05) is 5.41 Å². The van der Waals surface area contributed by atoms with Crippen LogP contribution in [0.3, 0.4) is 0 Å². The largest absolute Gasteiger partial charge is 0.413 e. The second-order valence-corrected chi connectivity index (χ2v) is 12.2. The molecule has 1 aliphatic rings. The number of rotatable bonds is 4. The molecule has 3 heteroatoms. The predicted molar refractivity (Wildman–Crippen MR) is 80.3 cm³/mol. The first-order valence-electron chi connectivity index (χ1n) is 7.07. The van der Waals surface area contributed by atoms with Gasteiger partial charge in [-0.3, -0.25) is 0 Å². The van der Waals surface area contributed by atoms with Crippen LogP contribution in [0.2, 0.25) is 18.1 Å². The minimum absolute atomic E-state index is 0.0107. The van der Waals surface area contributed by atoms with Crippen molar-refractivity contribution in [1.82, 2.24) is 0 Å². The monoisotopic (exact) mass is 270 g/mol. The SMILES string of the molecule is CC1(CO)CCC/C1=C\CO[Si](C)(C)C(C)(C)C. The van der Waals surface area contributed by atoms with E-state index in [1.165, 1.54) is 12.0 Å². The summed E-state index contributed by atoms with van der Waals surface area (Å²) in [6.45, 7) is 14.5. The highest BCUT2D eigenvalue weighted by Crippen LogP contribution is 2.42. The Morgan fingerprint density at radius 1 is 1.39 bits per heavy atom. The Morgan fingerprint density at radius 3 is 2.50 bits per heavy atom. The molecule has 0 aromatic rings. The lowest BCUT2D eigenvalue weighted by Crippen LogP contribution is -2.40. The third kappa shape index (κ3) is 3.46. The van der Waals surface area contributed by atoms with Gasteiger partial charge >= 0.3 is 0 Å². The molecule has 1 unspecified atom stereocenters. The van der Waals surface area contributed by atoms with Gasteiger partial charge in [0.05, 0.1) is 13.2 Å². The highest BCUT2D eigenvalue weighted by atomic mass is 28.4. The summed E-state index contributed by atoms with van der Waals surface area (Å²) in [5.41, 5.74) is 1.40. The van der Waals surface area contributed by atoms with E-state index < -0.39 is 8.32 Å². The van der Waals surface area contributed by atoms with Gasteiger partial charge in [0.1, 0.15) is 0 Å². The Morgan fingerprint density at radius 2 is 2.00 bits per heavy atom. The predicted octanol–water partition coefficient (Wildman–Crippen LogP) is 4.12. The Labute approximate surface area is 114 Å². The van der Waals surface area contributed by atoms with E-state index in [1.807, 2.05) is 0 Å². The molecular formula is C15H30O2Si. The molecule has 18 heavy (non-hydrogen) atoms. The Hall–Kier alpha value is -0.123. The fraction of sp³-hybridized carbons (Fsp3) is 0.867. The zero-order valence-corrected chi connectivity index (χ0v) is 14.0. The van der Waals surface area contributed by atoms with Gasteiger partial charge in [0.15, 0.2) is 8.32 Å². The third-order valence-corrected chi connectivity index (χ3v) is 9.38. The van der Waals surface area contributed by atoms with Gasteiger partial charge in [-0.25, -0.2) is 0 Å². The smallest absolute Gasteiger partial charge is 0.192 e. The van der Waals surface area contributed by atoms with E-state index in [2.05, 4.69) is 46.9 Å². The Bertz CT molecular complexity index is 315. The van der Waals surface area contributed by atoms with Gasteiger partial charge in [0.25, 0.3) is 0 Å². The van der Waals surface area contributed by atoms with Crippen molar-refractivity contribution in [2.45, 2.75) is 65.1 Å². The maximum absolute atomic E-state index is 9.51. The molecule has 1 fully saturated rings. The van der Waals surface area contributed by atoms with E-state index in [-0.39, 0.29) is 17.1 Å². The first-order chi connectivity index (χ1) is 8.12. The highest BCUT2D eigenvalue weighted by molar-refractivity contribution is 6.74. The van der Waals surface area contributed by atoms with E-state index in [9.17, 15) is 5.11 Å². The van der Waals surface area contributed by atoms with Gasteiger partial charge < -0.3 is 9.53 Å². The van der Waals surface area contributed by atoms with Gasteiger partial charge in [-0.2, -0.15) is 0 Å². The summed E-state index contributed by atoms with van der Waals surface area (Å²) in [5, 5.41) is 9.78. The van der Waals surface area contributed by atoms with Crippen LogP contribution in [0.25, 0.3) is 0 Å². The summed E-state index contributed by atoms with van der Waals surface area (Å²) in [7, 11) is -1.64. The molecule has 0 amide bonds. The van der Waals surface area contributed by atoms with Gasteiger partial charge in [-0.1, -0.05) is 39.3 Å². The number of aliphatic hydroxyl groups is 1. The summed E-state index contributed by atoms with van der Waals surface area (Å²) in [6, 6.07) is 0. The maximum Gasteiger partial charge on any atom is 0.192 e. The topological polar surface area (TPSA) is 29.5 Å². The lowest BCUT2D eigenvalue weighted by molar-refractivity contribution is 0.178. The number of hydrogen-bond acceptors (Lipinski definition) is 2. The summed E-state index contributed by atoms with van der Waals surface area (Å²) >= 11 is 0.